The molecule has 0 aliphatic carbocycles. The van der Waals surface area contributed by atoms with E-state index < -0.39 is 0 Å². The standard InChI is InChI=1S/C15H19FN4O/c16-11-4-5-12-13(10-11)20(15(17)18-12)9-6-14(21)19-7-2-1-3-8-19/h4-5,10H,1-3,6-9H2,(H2,17,18). The zero-order valence-corrected chi connectivity index (χ0v) is 11.9. The third-order valence-electron chi connectivity index (χ3n) is 4.00. The summed E-state index contributed by atoms with van der Waals surface area (Å²) >= 11 is 0. The molecule has 0 spiro atoms. The Bertz CT molecular complexity index is 661. The van der Waals surface area contributed by atoms with Crippen LogP contribution in [0.25, 0.3) is 11.0 Å². The summed E-state index contributed by atoms with van der Waals surface area (Å²) in [6.07, 6.45) is 3.72. The number of likely N-dealkylation sites (tertiary alicyclic amines) is 1. The second-order valence-electron chi connectivity index (χ2n) is 5.45. The Kier molecular flexibility index (Phi) is 3.77. The number of rotatable bonds is 3. The molecular weight excluding hydrogens is 271 g/mol. The molecule has 0 radical (unpaired) electrons. The molecule has 21 heavy (non-hydrogen) atoms. The average Bonchev–Trinajstić information content (AvgIpc) is 2.80. The first-order valence-electron chi connectivity index (χ1n) is 7.34. The van der Waals surface area contributed by atoms with Gasteiger partial charge in [0.25, 0.3) is 0 Å². The van der Waals surface area contributed by atoms with Gasteiger partial charge < -0.3 is 15.2 Å². The second kappa shape index (κ2) is 5.71. The lowest BCUT2D eigenvalue weighted by Crippen LogP contribution is -2.36. The number of halogens is 1. The molecule has 3 rings (SSSR count). The molecule has 5 nitrogen and oxygen atoms in total. The predicted octanol–water partition coefficient (Wildman–Crippen LogP) is 2.16. The van der Waals surface area contributed by atoms with E-state index in [1.54, 1.807) is 10.6 Å². The summed E-state index contributed by atoms with van der Waals surface area (Å²) < 4.78 is 15.1. The first kappa shape index (κ1) is 13.9. The molecule has 0 unspecified atom stereocenters. The number of hydrogen-bond donors (Lipinski definition) is 1. The van der Waals surface area contributed by atoms with Crippen LogP contribution in [-0.4, -0.2) is 33.4 Å². The molecule has 6 heteroatoms. The number of aromatic nitrogens is 2. The van der Waals surface area contributed by atoms with Crippen LogP contribution in [0.2, 0.25) is 0 Å². The minimum Gasteiger partial charge on any atom is -0.369 e. The number of nitrogen functional groups attached to an aromatic ring is 1. The largest absolute Gasteiger partial charge is 0.369 e. The van der Waals surface area contributed by atoms with Gasteiger partial charge in [-0.2, -0.15) is 0 Å². The Labute approximate surface area is 122 Å². The molecule has 2 heterocycles. The number of anilines is 1. The monoisotopic (exact) mass is 290 g/mol. The van der Waals surface area contributed by atoms with Crippen molar-refractivity contribution >= 4 is 22.9 Å². The molecule has 2 N–H and O–H groups in total. The fourth-order valence-electron chi connectivity index (χ4n) is 2.86. The number of imidazole rings is 1. The number of carbonyl (C=O) groups excluding carboxylic acids is 1. The smallest absolute Gasteiger partial charge is 0.224 e. The van der Waals surface area contributed by atoms with E-state index in [2.05, 4.69) is 4.98 Å². The van der Waals surface area contributed by atoms with Crippen molar-refractivity contribution in [3.05, 3.63) is 24.0 Å². The van der Waals surface area contributed by atoms with E-state index in [9.17, 15) is 9.18 Å². The van der Waals surface area contributed by atoms with Gasteiger partial charge in [0.15, 0.2) is 0 Å². The fraction of sp³-hybridized carbons (Fsp3) is 0.467. The van der Waals surface area contributed by atoms with Crippen LogP contribution in [-0.2, 0) is 11.3 Å². The van der Waals surface area contributed by atoms with Gasteiger partial charge in [0.1, 0.15) is 5.82 Å². The van der Waals surface area contributed by atoms with E-state index in [1.165, 1.54) is 18.6 Å². The summed E-state index contributed by atoms with van der Waals surface area (Å²) in [5.74, 6) is 0.125. The normalized spacial score (nSPS) is 15.6. The van der Waals surface area contributed by atoms with Gasteiger partial charge in [-0.05, 0) is 37.5 Å². The molecule has 1 aromatic heterocycles. The Morgan fingerprint density at radius 2 is 2.05 bits per heavy atom. The van der Waals surface area contributed by atoms with Crippen LogP contribution in [0.5, 0.6) is 0 Å². The number of aryl methyl sites for hydroxylation is 1. The number of piperidine rings is 1. The molecule has 0 atom stereocenters. The van der Waals surface area contributed by atoms with Crippen molar-refractivity contribution in [2.45, 2.75) is 32.2 Å². The molecule has 1 saturated heterocycles. The quantitative estimate of drug-likeness (QED) is 0.942. The van der Waals surface area contributed by atoms with E-state index in [0.717, 1.165) is 25.9 Å². The number of amides is 1. The number of benzene rings is 1. The number of fused-ring (bicyclic) bond motifs is 1. The predicted molar refractivity (Wildman–Crippen MR) is 79.2 cm³/mol. The van der Waals surface area contributed by atoms with Crippen LogP contribution < -0.4 is 5.73 Å². The molecule has 1 fully saturated rings. The van der Waals surface area contributed by atoms with E-state index >= 15 is 0 Å². The lowest BCUT2D eigenvalue weighted by atomic mass is 10.1. The topological polar surface area (TPSA) is 64.1 Å². The van der Waals surface area contributed by atoms with Crippen LogP contribution in [0.15, 0.2) is 18.2 Å². The van der Waals surface area contributed by atoms with E-state index in [-0.39, 0.29) is 11.7 Å². The highest BCUT2D eigenvalue weighted by molar-refractivity contribution is 5.79. The second-order valence-corrected chi connectivity index (χ2v) is 5.45. The molecule has 112 valence electrons. The maximum Gasteiger partial charge on any atom is 0.224 e. The van der Waals surface area contributed by atoms with E-state index in [1.807, 2.05) is 4.90 Å². The molecule has 1 amide bonds. The first-order chi connectivity index (χ1) is 10.1. The van der Waals surface area contributed by atoms with Crippen LogP contribution in [0.3, 0.4) is 0 Å². The van der Waals surface area contributed by atoms with Crippen LogP contribution in [0.1, 0.15) is 25.7 Å². The van der Waals surface area contributed by atoms with Gasteiger partial charge in [0, 0.05) is 26.1 Å². The number of nitrogens with zero attached hydrogens (tertiary/aromatic N) is 3. The van der Waals surface area contributed by atoms with Gasteiger partial charge in [-0.25, -0.2) is 9.37 Å². The Balaban J connectivity index is 1.74. The Morgan fingerprint density at radius 1 is 1.29 bits per heavy atom. The van der Waals surface area contributed by atoms with Gasteiger partial charge in [0.2, 0.25) is 11.9 Å². The molecule has 0 saturated carbocycles. The maximum absolute atomic E-state index is 13.4. The van der Waals surface area contributed by atoms with E-state index in [0.29, 0.717) is 29.9 Å². The first-order valence-corrected chi connectivity index (χ1v) is 7.34. The zero-order chi connectivity index (χ0) is 14.8. The highest BCUT2D eigenvalue weighted by Crippen LogP contribution is 2.20. The summed E-state index contributed by atoms with van der Waals surface area (Å²) in [7, 11) is 0. The summed E-state index contributed by atoms with van der Waals surface area (Å²) in [4.78, 5) is 18.3. The van der Waals surface area contributed by atoms with E-state index in [4.69, 9.17) is 5.73 Å². The summed E-state index contributed by atoms with van der Waals surface area (Å²) in [5.41, 5.74) is 7.16. The molecule has 0 bridgehead atoms. The summed E-state index contributed by atoms with van der Waals surface area (Å²) in [6.45, 7) is 2.11. The lowest BCUT2D eigenvalue weighted by Gasteiger charge is -2.26. The van der Waals surface area contributed by atoms with Crippen LogP contribution in [0, 0.1) is 5.82 Å². The summed E-state index contributed by atoms with van der Waals surface area (Å²) in [6, 6.07) is 4.37. The molecule has 1 aromatic carbocycles. The van der Waals surface area contributed by atoms with Crippen molar-refractivity contribution in [2.24, 2.45) is 0 Å². The zero-order valence-electron chi connectivity index (χ0n) is 11.9. The van der Waals surface area contributed by atoms with Crippen molar-refractivity contribution in [1.82, 2.24) is 14.5 Å². The highest BCUT2D eigenvalue weighted by Gasteiger charge is 2.17. The molecular formula is C15H19FN4O. The maximum atomic E-state index is 13.4. The fourth-order valence-corrected chi connectivity index (χ4v) is 2.86. The van der Waals surface area contributed by atoms with Gasteiger partial charge in [0.05, 0.1) is 11.0 Å². The molecule has 1 aliphatic rings. The Hall–Kier alpha value is -2.11. The Morgan fingerprint density at radius 3 is 2.81 bits per heavy atom. The molecule has 1 aliphatic heterocycles. The molecule has 2 aromatic rings. The number of hydrogen-bond acceptors (Lipinski definition) is 3. The van der Waals surface area contributed by atoms with Gasteiger partial charge in [-0.15, -0.1) is 0 Å². The van der Waals surface area contributed by atoms with Gasteiger partial charge >= 0.3 is 0 Å². The average molecular weight is 290 g/mol. The third-order valence-corrected chi connectivity index (χ3v) is 4.00. The van der Waals surface area contributed by atoms with Gasteiger partial charge in [-0.1, -0.05) is 0 Å². The van der Waals surface area contributed by atoms with Crippen molar-refractivity contribution in [1.29, 1.82) is 0 Å². The SMILES string of the molecule is Nc1nc2ccc(F)cc2n1CCC(=O)N1CCCCC1. The minimum atomic E-state index is -0.328. The van der Waals surface area contributed by atoms with Gasteiger partial charge in [-0.3, -0.25) is 4.79 Å². The summed E-state index contributed by atoms with van der Waals surface area (Å²) in [5, 5.41) is 0. The van der Waals surface area contributed by atoms with Crippen molar-refractivity contribution in [3.8, 4) is 0 Å². The lowest BCUT2D eigenvalue weighted by molar-refractivity contribution is -0.132. The minimum absolute atomic E-state index is 0.132. The number of nitrogens with two attached hydrogens (primary N) is 1. The van der Waals surface area contributed by atoms with Crippen molar-refractivity contribution < 1.29 is 9.18 Å². The van der Waals surface area contributed by atoms with Crippen LogP contribution in [0.4, 0.5) is 10.3 Å². The third kappa shape index (κ3) is 2.84. The number of carbonyl (C=O) groups is 1. The van der Waals surface area contributed by atoms with Crippen LogP contribution >= 0.6 is 0 Å². The highest BCUT2D eigenvalue weighted by atomic mass is 19.1. The van der Waals surface area contributed by atoms with Crippen molar-refractivity contribution in [3.63, 3.8) is 0 Å². The van der Waals surface area contributed by atoms with Crippen molar-refractivity contribution in [2.75, 3.05) is 18.8 Å².